The van der Waals surface area contributed by atoms with E-state index in [1.54, 1.807) is 4.90 Å². The van der Waals surface area contributed by atoms with Gasteiger partial charge in [0.05, 0.1) is 29.5 Å². The maximum atomic E-state index is 13.2. The lowest BCUT2D eigenvalue weighted by Crippen LogP contribution is -2.42. The molecule has 0 unspecified atom stereocenters. The molecular formula is C21H29N5O4. The molecule has 0 bridgehead atoms. The van der Waals surface area contributed by atoms with Crippen LogP contribution < -0.4 is 5.56 Å². The molecule has 1 saturated heterocycles. The van der Waals surface area contributed by atoms with E-state index in [1.165, 1.54) is 11.6 Å². The summed E-state index contributed by atoms with van der Waals surface area (Å²) in [6.45, 7) is 5.31. The van der Waals surface area contributed by atoms with E-state index >= 15 is 0 Å². The van der Waals surface area contributed by atoms with Crippen molar-refractivity contribution in [2.75, 3.05) is 26.8 Å². The van der Waals surface area contributed by atoms with Gasteiger partial charge in [0.2, 0.25) is 11.8 Å². The molecule has 0 saturated carbocycles. The number of carbonyl (C=O) groups excluding carboxylic acids is 2. The number of rotatable bonds is 4. The van der Waals surface area contributed by atoms with Gasteiger partial charge in [-0.1, -0.05) is 13.8 Å². The second-order valence-electron chi connectivity index (χ2n) is 8.44. The highest BCUT2D eigenvalue weighted by Crippen LogP contribution is 2.30. The first kappa shape index (κ1) is 20.6. The summed E-state index contributed by atoms with van der Waals surface area (Å²) < 4.78 is 6.48. The number of nitrogens with zero attached hydrogens (tertiary/aromatic N) is 4. The molecule has 0 aromatic carbocycles. The monoisotopic (exact) mass is 415 g/mol. The number of aromatic amines is 1. The Morgan fingerprint density at radius 3 is 2.83 bits per heavy atom. The normalized spacial score (nSPS) is 19.4. The molecule has 0 aliphatic carbocycles. The summed E-state index contributed by atoms with van der Waals surface area (Å²) in [6.07, 6.45) is 3.37. The second kappa shape index (κ2) is 8.22. The van der Waals surface area contributed by atoms with E-state index in [0.29, 0.717) is 30.7 Å². The standard InChI is InChI=1S/C21H29N5O4/c1-13(2)20(28)24-9-7-15-14(11-24)21(29)26-18(22-15)10-16(23-26)17-6-4-5-8-25(17)19(27)12-30-3/h10,13,17,23H,4-9,11-12H2,1-3H3/t17-/m0/s1. The van der Waals surface area contributed by atoms with E-state index in [2.05, 4.69) is 5.10 Å². The maximum Gasteiger partial charge on any atom is 0.277 e. The van der Waals surface area contributed by atoms with Gasteiger partial charge >= 0.3 is 0 Å². The SMILES string of the molecule is COCC(=O)N1CCCC[C@H]1c1cc2nc3c(c(=O)n2[nH]1)CN(C(=O)C(C)C)CC3. The van der Waals surface area contributed by atoms with Crippen LogP contribution in [0.5, 0.6) is 0 Å². The Morgan fingerprint density at radius 1 is 1.30 bits per heavy atom. The Labute approximate surface area is 175 Å². The van der Waals surface area contributed by atoms with E-state index < -0.39 is 0 Å². The summed E-state index contributed by atoms with van der Waals surface area (Å²) in [5.74, 6) is -0.111. The quantitative estimate of drug-likeness (QED) is 0.810. The average molecular weight is 415 g/mol. The highest BCUT2D eigenvalue weighted by atomic mass is 16.5. The number of aromatic nitrogens is 3. The zero-order valence-electron chi connectivity index (χ0n) is 17.8. The fraction of sp³-hybridized carbons (Fsp3) is 0.619. The van der Waals surface area contributed by atoms with Crippen LogP contribution in [0.25, 0.3) is 5.65 Å². The number of piperidine rings is 1. The first-order chi connectivity index (χ1) is 14.4. The Morgan fingerprint density at radius 2 is 2.10 bits per heavy atom. The van der Waals surface area contributed by atoms with Crippen LogP contribution >= 0.6 is 0 Å². The van der Waals surface area contributed by atoms with Gasteiger partial charge in [0.25, 0.3) is 5.56 Å². The molecule has 1 atom stereocenters. The molecule has 4 heterocycles. The van der Waals surface area contributed by atoms with Crippen molar-refractivity contribution >= 4 is 17.5 Å². The minimum atomic E-state index is -0.173. The van der Waals surface area contributed by atoms with Crippen LogP contribution in [0.15, 0.2) is 10.9 Å². The van der Waals surface area contributed by atoms with Crippen molar-refractivity contribution < 1.29 is 14.3 Å². The number of ether oxygens (including phenoxy) is 1. The minimum Gasteiger partial charge on any atom is -0.375 e. The lowest BCUT2D eigenvalue weighted by atomic mass is 9.99. The molecule has 162 valence electrons. The number of carbonyl (C=O) groups is 2. The number of hydrogen-bond acceptors (Lipinski definition) is 5. The summed E-state index contributed by atoms with van der Waals surface area (Å²) >= 11 is 0. The zero-order chi connectivity index (χ0) is 21.4. The predicted octanol–water partition coefficient (Wildman–Crippen LogP) is 1.26. The van der Waals surface area contributed by atoms with Crippen molar-refractivity contribution in [1.29, 1.82) is 0 Å². The number of H-pyrrole nitrogens is 1. The van der Waals surface area contributed by atoms with Crippen LogP contribution in [0.1, 0.15) is 56.1 Å². The molecule has 9 nitrogen and oxygen atoms in total. The van der Waals surface area contributed by atoms with E-state index in [0.717, 1.165) is 30.7 Å². The van der Waals surface area contributed by atoms with Crippen molar-refractivity contribution in [3.05, 3.63) is 33.4 Å². The first-order valence-corrected chi connectivity index (χ1v) is 10.6. The van der Waals surface area contributed by atoms with Gasteiger partial charge in [-0.2, -0.15) is 0 Å². The highest BCUT2D eigenvalue weighted by Gasteiger charge is 2.31. The molecule has 1 fully saturated rings. The van der Waals surface area contributed by atoms with Gasteiger partial charge in [-0.15, -0.1) is 0 Å². The largest absolute Gasteiger partial charge is 0.375 e. The molecule has 2 aromatic rings. The van der Waals surface area contributed by atoms with Crippen molar-refractivity contribution in [3.63, 3.8) is 0 Å². The van der Waals surface area contributed by atoms with E-state index in [9.17, 15) is 14.4 Å². The van der Waals surface area contributed by atoms with Gasteiger partial charge in [0.15, 0.2) is 5.65 Å². The van der Waals surface area contributed by atoms with E-state index in [-0.39, 0.29) is 42.5 Å². The highest BCUT2D eigenvalue weighted by molar-refractivity contribution is 5.78. The fourth-order valence-electron chi connectivity index (χ4n) is 4.48. The molecular weight excluding hydrogens is 386 g/mol. The Kier molecular flexibility index (Phi) is 5.64. The number of nitrogens with one attached hydrogen (secondary N) is 1. The van der Waals surface area contributed by atoms with Crippen LogP contribution in [0, 0.1) is 5.92 Å². The summed E-state index contributed by atoms with van der Waals surface area (Å²) in [6, 6.07) is 1.75. The van der Waals surface area contributed by atoms with E-state index in [1.807, 2.05) is 24.8 Å². The van der Waals surface area contributed by atoms with Crippen LogP contribution in [-0.4, -0.2) is 63.0 Å². The van der Waals surface area contributed by atoms with E-state index in [4.69, 9.17) is 9.72 Å². The fourth-order valence-corrected chi connectivity index (χ4v) is 4.48. The molecule has 2 amide bonds. The first-order valence-electron chi connectivity index (χ1n) is 10.6. The number of amides is 2. The molecule has 2 aliphatic heterocycles. The maximum absolute atomic E-state index is 13.2. The number of methoxy groups -OCH3 is 1. The van der Waals surface area contributed by atoms with Crippen molar-refractivity contribution in [1.82, 2.24) is 24.4 Å². The zero-order valence-corrected chi connectivity index (χ0v) is 17.8. The van der Waals surface area contributed by atoms with Gasteiger partial charge in [-0.25, -0.2) is 9.50 Å². The van der Waals surface area contributed by atoms with Gasteiger partial charge in [0, 0.05) is 38.6 Å². The van der Waals surface area contributed by atoms with Gasteiger partial charge in [-0.3, -0.25) is 19.5 Å². The van der Waals surface area contributed by atoms with Crippen LogP contribution in [0.2, 0.25) is 0 Å². The Bertz CT molecular complexity index is 1020. The Hall–Kier alpha value is -2.68. The van der Waals surface area contributed by atoms with Crippen LogP contribution in [0.3, 0.4) is 0 Å². The molecule has 4 rings (SSSR count). The van der Waals surface area contributed by atoms with Gasteiger partial charge in [-0.05, 0) is 19.3 Å². The van der Waals surface area contributed by atoms with Crippen molar-refractivity contribution in [3.8, 4) is 0 Å². The smallest absolute Gasteiger partial charge is 0.277 e. The molecule has 0 spiro atoms. The summed E-state index contributed by atoms with van der Waals surface area (Å²) in [5, 5.41) is 3.18. The van der Waals surface area contributed by atoms with Crippen molar-refractivity contribution in [2.24, 2.45) is 5.92 Å². The summed E-state index contributed by atoms with van der Waals surface area (Å²) in [4.78, 5) is 46.3. The third-order valence-corrected chi connectivity index (χ3v) is 6.04. The number of hydrogen-bond donors (Lipinski definition) is 1. The topological polar surface area (TPSA) is 100 Å². The summed E-state index contributed by atoms with van der Waals surface area (Å²) in [5.41, 5.74) is 2.52. The van der Waals surface area contributed by atoms with Crippen LogP contribution in [-0.2, 0) is 27.3 Å². The molecule has 2 aromatic heterocycles. The number of likely N-dealkylation sites (tertiary alicyclic amines) is 1. The van der Waals surface area contributed by atoms with Gasteiger partial charge < -0.3 is 14.5 Å². The molecule has 1 N–H and O–H groups in total. The lowest BCUT2D eigenvalue weighted by Gasteiger charge is -2.35. The Balaban J connectivity index is 1.68. The molecule has 30 heavy (non-hydrogen) atoms. The average Bonchev–Trinajstić information content (AvgIpc) is 3.17. The third kappa shape index (κ3) is 3.62. The third-order valence-electron chi connectivity index (χ3n) is 6.04. The number of fused-ring (bicyclic) bond motifs is 2. The molecule has 2 aliphatic rings. The molecule has 9 heteroatoms. The van der Waals surface area contributed by atoms with Crippen molar-refractivity contribution in [2.45, 2.75) is 52.1 Å². The minimum absolute atomic E-state index is 0.0446. The lowest BCUT2D eigenvalue weighted by molar-refractivity contribution is -0.139. The summed E-state index contributed by atoms with van der Waals surface area (Å²) in [7, 11) is 1.51. The van der Waals surface area contributed by atoms with Gasteiger partial charge in [0.1, 0.15) is 6.61 Å². The second-order valence-corrected chi connectivity index (χ2v) is 8.44. The molecule has 0 radical (unpaired) electrons. The predicted molar refractivity (Wildman–Crippen MR) is 110 cm³/mol. The van der Waals surface area contributed by atoms with Crippen LogP contribution in [0.4, 0.5) is 0 Å².